The maximum atomic E-state index is 12.1. The predicted molar refractivity (Wildman–Crippen MR) is 95.6 cm³/mol. The largest absolute Gasteiger partial charge is 0.452 e. The maximum Gasteiger partial charge on any atom is 0.340 e. The van der Waals surface area contributed by atoms with Gasteiger partial charge in [-0.3, -0.25) is 4.79 Å². The summed E-state index contributed by atoms with van der Waals surface area (Å²) in [6.07, 6.45) is 1.62. The van der Waals surface area contributed by atoms with Crippen LogP contribution in [0.2, 0.25) is 5.02 Å². The van der Waals surface area contributed by atoms with Crippen molar-refractivity contribution in [2.24, 2.45) is 0 Å². The highest BCUT2D eigenvalue weighted by atomic mass is 35.5. The summed E-state index contributed by atoms with van der Waals surface area (Å²) in [5, 5.41) is 3.15. The third kappa shape index (κ3) is 4.36. The van der Waals surface area contributed by atoms with E-state index in [2.05, 4.69) is 5.32 Å². The van der Waals surface area contributed by atoms with E-state index >= 15 is 0 Å². The molecule has 5 heteroatoms. The van der Waals surface area contributed by atoms with Crippen LogP contribution in [-0.2, 0) is 22.4 Å². The molecular weight excluding hydrogens is 326 g/mol. The number of nitrogens with one attached hydrogen (secondary N) is 1. The van der Waals surface area contributed by atoms with Crippen molar-refractivity contribution in [1.29, 1.82) is 0 Å². The second kappa shape index (κ2) is 8.50. The molecule has 0 spiro atoms. The zero-order valence-electron chi connectivity index (χ0n) is 13.8. The minimum atomic E-state index is -0.616. The van der Waals surface area contributed by atoms with Gasteiger partial charge in [0.15, 0.2) is 6.61 Å². The number of hydrogen-bond donors (Lipinski definition) is 1. The van der Waals surface area contributed by atoms with Crippen LogP contribution in [-0.4, -0.2) is 18.5 Å². The lowest BCUT2D eigenvalue weighted by Gasteiger charge is -2.14. The fraction of sp³-hybridized carbons (Fsp3) is 0.263. The quantitative estimate of drug-likeness (QED) is 0.796. The van der Waals surface area contributed by atoms with E-state index in [1.54, 1.807) is 24.3 Å². The number of anilines is 1. The van der Waals surface area contributed by atoms with Crippen molar-refractivity contribution in [3.05, 3.63) is 64.2 Å². The third-order valence-electron chi connectivity index (χ3n) is 3.69. The van der Waals surface area contributed by atoms with Gasteiger partial charge in [0, 0.05) is 5.69 Å². The molecule has 0 saturated carbocycles. The number of amides is 1. The molecule has 126 valence electrons. The van der Waals surface area contributed by atoms with Crippen LogP contribution in [0.5, 0.6) is 0 Å². The van der Waals surface area contributed by atoms with Crippen molar-refractivity contribution in [2.45, 2.75) is 26.7 Å². The van der Waals surface area contributed by atoms with E-state index < -0.39 is 5.97 Å². The number of hydrogen-bond acceptors (Lipinski definition) is 3. The first kappa shape index (κ1) is 18.0. The molecule has 24 heavy (non-hydrogen) atoms. The first-order valence-electron chi connectivity index (χ1n) is 7.89. The molecule has 0 unspecified atom stereocenters. The Kier molecular flexibility index (Phi) is 6.38. The summed E-state index contributed by atoms with van der Waals surface area (Å²) < 4.78 is 5.05. The summed E-state index contributed by atoms with van der Waals surface area (Å²) >= 11 is 5.94. The van der Waals surface area contributed by atoms with Crippen molar-refractivity contribution in [3.63, 3.8) is 0 Å². The molecule has 4 nitrogen and oxygen atoms in total. The zero-order chi connectivity index (χ0) is 17.5. The number of benzene rings is 2. The molecule has 0 aliphatic carbocycles. The monoisotopic (exact) mass is 345 g/mol. The first-order valence-corrected chi connectivity index (χ1v) is 8.26. The number of carbonyl (C=O) groups is 2. The van der Waals surface area contributed by atoms with E-state index in [4.69, 9.17) is 16.3 Å². The second-order valence-corrected chi connectivity index (χ2v) is 5.67. The maximum absolute atomic E-state index is 12.1. The van der Waals surface area contributed by atoms with Crippen LogP contribution >= 0.6 is 11.6 Å². The fourth-order valence-corrected chi connectivity index (χ4v) is 2.63. The SMILES string of the molecule is CCc1cccc(CC)c1NC(=O)COC(=O)c1ccccc1Cl. The topological polar surface area (TPSA) is 55.4 Å². The molecule has 2 aromatic carbocycles. The highest BCUT2D eigenvalue weighted by Gasteiger charge is 2.15. The summed E-state index contributed by atoms with van der Waals surface area (Å²) in [5.74, 6) is -0.985. The van der Waals surface area contributed by atoms with Crippen molar-refractivity contribution >= 4 is 29.2 Å². The average Bonchev–Trinajstić information content (AvgIpc) is 2.60. The fourth-order valence-electron chi connectivity index (χ4n) is 2.41. The molecule has 0 bridgehead atoms. The van der Waals surface area contributed by atoms with Crippen LogP contribution in [0.25, 0.3) is 0 Å². The van der Waals surface area contributed by atoms with Gasteiger partial charge in [0.2, 0.25) is 0 Å². The summed E-state index contributed by atoms with van der Waals surface area (Å²) in [4.78, 5) is 24.1. The molecule has 0 fully saturated rings. The molecule has 0 atom stereocenters. The molecule has 1 amide bonds. The number of ether oxygens (including phenoxy) is 1. The normalized spacial score (nSPS) is 10.3. The van der Waals surface area contributed by atoms with Crippen LogP contribution in [0.3, 0.4) is 0 Å². The summed E-state index contributed by atoms with van der Waals surface area (Å²) in [7, 11) is 0. The predicted octanol–water partition coefficient (Wildman–Crippen LogP) is 4.26. The Hall–Kier alpha value is -2.33. The van der Waals surface area contributed by atoms with Gasteiger partial charge in [-0.1, -0.05) is 55.8 Å². The Bertz CT molecular complexity index is 721. The van der Waals surface area contributed by atoms with Crippen molar-refractivity contribution in [2.75, 3.05) is 11.9 Å². The van der Waals surface area contributed by atoms with E-state index in [1.165, 1.54) is 0 Å². The molecule has 0 aromatic heterocycles. The van der Waals surface area contributed by atoms with Gasteiger partial charge in [0.05, 0.1) is 10.6 Å². The van der Waals surface area contributed by atoms with Crippen LogP contribution < -0.4 is 5.32 Å². The molecule has 0 heterocycles. The molecule has 0 aliphatic rings. The van der Waals surface area contributed by atoms with Gasteiger partial charge < -0.3 is 10.1 Å². The van der Waals surface area contributed by atoms with E-state index in [-0.39, 0.29) is 18.1 Å². The Morgan fingerprint density at radius 1 is 1.00 bits per heavy atom. The molecule has 0 saturated heterocycles. The minimum Gasteiger partial charge on any atom is -0.452 e. The summed E-state index contributed by atoms with van der Waals surface area (Å²) in [6, 6.07) is 12.5. The van der Waals surface area contributed by atoms with Gasteiger partial charge in [-0.2, -0.15) is 0 Å². The van der Waals surface area contributed by atoms with Gasteiger partial charge in [0.1, 0.15) is 0 Å². The van der Waals surface area contributed by atoms with Gasteiger partial charge >= 0.3 is 5.97 Å². The highest BCUT2D eigenvalue weighted by Crippen LogP contribution is 2.22. The molecule has 2 aromatic rings. The Morgan fingerprint density at radius 2 is 1.62 bits per heavy atom. The summed E-state index contributed by atoms with van der Waals surface area (Å²) in [6.45, 7) is 3.70. The molecule has 0 aliphatic heterocycles. The number of esters is 1. The molecule has 2 rings (SSSR count). The Balaban J connectivity index is 2.02. The molecule has 0 radical (unpaired) electrons. The van der Waals surface area contributed by atoms with E-state index in [1.807, 2.05) is 32.0 Å². The lowest BCUT2D eigenvalue weighted by Crippen LogP contribution is -2.22. The van der Waals surface area contributed by atoms with Crippen LogP contribution in [0.4, 0.5) is 5.69 Å². The second-order valence-electron chi connectivity index (χ2n) is 5.26. The van der Waals surface area contributed by atoms with Crippen LogP contribution in [0.1, 0.15) is 35.3 Å². The van der Waals surface area contributed by atoms with Crippen molar-refractivity contribution in [3.8, 4) is 0 Å². The van der Waals surface area contributed by atoms with Crippen molar-refractivity contribution < 1.29 is 14.3 Å². The number of aryl methyl sites for hydroxylation is 2. The lowest BCUT2D eigenvalue weighted by atomic mass is 10.0. The number of halogens is 1. The van der Waals surface area contributed by atoms with E-state index in [0.29, 0.717) is 5.02 Å². The van der Waals surface area contributed by atoms with Crippen LogP contribution in [0.15, 0.2) is 42.5 Å². The molecular formula is C19H20ClNO3. The average molecular weight is 346 g/mol. The van der Waals surface area contributed by atoms with Crippen molar-refractivity contribution in [1.82, 2.24) is 0 Å². The number of rotatable bonds is 6. The van der Waals surface area contributed by atoms with Gasteiger partial charge in [-0.25, -0.2) is 4.79 Å². The Labute approximate surface area is 146 Å². The standard InChI is InChI=1S/C19H20ClNO3/c1-3-13-8-7-9-14(4-2)18(13)21-17(22)12-24-19(23)15-10-5-6-11-16(15)20/h5-11H,3-4,12H2,1-2H3,(H,21,22). The van der Waals surface area contributed by atoms with E-state index in [0.717, 1.165) is 29.7 Å². The summed E-state index contributed by atoms with van der Waals surface area (Å²) in [5.41, 5.74) is 3.16. The van der Waals surface area contributed by atoms with Crippen LogP contribution in [0, 0.1) is 0 Å². The number of carbonyl (C=O) groups excluding carboxylic acids is 2. The first-order chi connectivity index (χ1) is 11.6. The highest BCUT2D eigenvalue weighted by molar-refractivity contribution is 6.33. The third-order valence-corrected chi connectivity index (χ3v) is 4.02. The van der Waals surface area contributed by atoms with Gasteiger partial charge in [0.25, 0.3) is 5.91 Å². The van der Waals surface area contributed by atoms with Gasteiger partial charge in [-0.15, -0.1) is 0 Å². The number of para-hydroxylation sites is 1. The Morgan fingerprint density at radius 3 is 2.21 bits per heavy atom. The van der Waals surface area contributed by atoms with Gasteiger partial charge in [-0.05, 0) is 36.1 Å². The smallest absolute Gasteiger partial charge is 0.340 e. The lowest BCUT2D eigenvalue weighted by molar-refractivity contribution is -0.119. The van der Waals surface area contributed by atoms with E-state index in [9.17, 15) is 9.59 Å². The zero-order valence-corrected chi connectivity index (χ0v) is 14.5. The molecule has 1 N–H and O–H groups in total. The minimum absolute atomic E-state index is 0.246.